The number of aromatic nitrogens is 2. The van der Waals surface area contributed by atoms with Crippen molar-refractivity contribution in [2.75, 3.05) is 7.05 Å². The molecule has 94 valence electrons. The molecule has 0 radical (unpaired) electrons. The second-order valence-corrected chi connectivity index (χ2v) is 5.75. The summed E-state index contributed by atoms with van der Waals surface area (Å²) in [6.07, 6.45) is 2.11. The normalized spacial score (nSPS) is 13.6. The highest BCUT2D eigenvalue weighted by atomic mass is 32.2. The molecular formula is C10H16N4O2S. The molecule has 6 nitrogen and oxygen atoms in total. The minimum absolute atomic E-state index is 0.0710. The van der Waals surface area contributed by atoms with Crippen LogP contribution in [-0.2, 0) is 16.4 Å². The molecule has 0 aliphatic carbocycles. The van der Waals surface area contributed by atoms with Crippen LogP contribution in [0.2, 0.25) is 0 Å². The van der Waals surface area contributed by atoms with Crippen LogP contribution in [0.4, 0.5) is 0 Å². The van der Waals surface area contributed by atoms with E-state index >= 15 is 0 Å². The lowest BCUT2D eigenvalue weighted by molar-refractivity contribution is 0.391. The Labute approximate surface area is 101 Å². The lowest BCUT2D eigenvalue weighted by atomic mass is 10.3. The van der Waals surface area contributed by atoms with Gasteiger partial charge in [-0.05, 0) is 6.92 Å². The molecule has 1 N–H and O–H groups in total. The minimum Gasteiger partial charge on any atom is -0.332 e. The van der Waals surface area contributed by atoms with E-state index < -0.39 is 10.0 Å². The molecule has 1 unspecified atom stereocenters. The number of aryl methyl sites for hydroxylation is 1. The highest BCUT2D eigenvalue weighted by Crippen LogP contribution is 2.15. The van der Waals surface area contributed by atoms with Crippen molar-refractivity contribution in [1.82, 2.24) is 14.3 Å². The van der Waals surface area contributed by atoms with E-state index in [0.29, 0.717) is 12.2 Å². The largest absolute Gasteiger partial charge is 0.332 e. The summed E-state index contributed by atoms with van der Waals surface area (Å²) in [6.45, 7) is 3.58. The van der Waals surface area contributed by atoms with Gasteiger partial charge in [0.1, 0.15) is 5.82 Å². The van der Waals surface area contributed by atoms with E-state index in [1.807, 2.05) is 13.0 Å². The summed E-state index contributed by atoms with van der Waals surface area (Å²) in [7, 11) is -2.12. The first kappa shape index (κ1) is 13.7. The van der Waals surface area contributed by atoms with Gasteiger partial charge in [-0.3, -0.25) is 0 Å². The SMILES string of the molecule is CCc1ncc(S(=O)(=O)N(C)C(C)CC#N)[nH]1. The smallest absolute Gasteiger partial charge is 0.260 e. The molecule has 0 aliphatic heterocycles. The molecule has 0 saturated carbocycles. The van der Waals surface area contributed by atoms with E-state index in [1.54, 1.807) is 6.92 Å². The van der Waals surface area contributed by atoms with E-state index in [4.69, 9.17) is 5.26 Å². The third kappa shape index (κ3) is 2.84. The van der Waals surface area contributed by atoms with Crippen molar-refractivity contribution in [1.29, 1.82) is 5.26 Å². The lowest BCUT2D eigenvalue weighted by Crippen LogP contribution is -2.35. The van der Waals surface area contributed by atoms with Crippen LogP contribution in [0.1, 0.15) is 26.1 Å². The predicted octanol–water partition coefficient (Wildman–Crippen LogP) is 0.895. The van der Waals surface area contributed by atoms with Crippen LogP contribution in [0.5, 0.6) is 0 Å². The second kappa shape index (κ2) is 5.29. The fourth-order valence-corrected chi connectivity index (χ4v) is 2.60. The Morgan fingerprint density at radius 3 is 2.76 bits per heavy atom. The fourth-order valence-electron chi connectivity index (χ4n) is 1.31. The Morgan fingerprint density at radius 1 is 1.65 bits per heavy atom. The molecular weight excluding hydrogens is 240 g/mol. The Kier molecular flexibility index (Phi) is 4.26. The summed E-state index contributed by atoms with van der Waals surface area (Å²) in [4.78, 5) is 6.72. The standard InChI is InChI=1S/C10H16N4O2S/c1-4-9-12-7-10(13-9)17(15,16)14(3)8(2)5-6-11/h7-8H,4-5H2,1-3H3,(H,12,13). The molecule has 1 aromatic heterocycles. The number of nitrogens with zero attached hydrogens (tertiary/aromatic N) is 3. The molecule has 0 bridgehead atoms. The average molecular weight is 256 g/mol. The number of hydrogen-bond acceptors (Lipinski definition) is 4. The van der Waals surface area contributed by atoms with Crippen molar-refractivity contribution in [2.24, 2.45) is 0 Å². The lowest BCUT2D eigenvalue weighted by Gasteiger charge is -2.21. The van der Waals surface area contributed by atoms with Gasteiger partial charge in [-0.25, -0.2) is 13.4 Å². The summed E-state index contributed by atoms with van der Waals surface area (Å²) in [5.74, 6) is 0.630. The van der Waals surface area contributed by atoms with Gasteiger partial charge in [0.2, 0.25) is 0 Å². The quantitative estimate of drug-likeness (QED) is 0.847. The zero-order valence-corrected chi connectivity index (χ0v) is 11.0. The molecule has 1 rings (SSSR count). The van der Waals surface area contributed by atoms with Gasteiger partial charge in [0.15, 0.2) is 5.03 Å². The van der Waals surface area contributed by atoms with Gasteiger partial charge < -0.3 is 4.98 Å². The van der Waals surface area contributed by atoms with Gasteiger partial charge in [-0.2, -0.15) is 9.57 Å². The summed E-state index contributed by atoms with van der Waals surface area (Å²) in [5.41, 5.74) is 0. The Hall–Kier alpha value is -1.39. The molecule has 0 aliphatic rings. The first-order chi connectivity index (χ1) is 7.93. The van der Waals surface area contributed by atoms with Crippen molar-refractivity contribution in [2.45, 2.75) is 37.8 Å². The number of aromatic amines is 1. The van der Waals surface area contributed by atoms with Gasteiger partial charge in [0, 0.05) is 19.5 Å². The van der Waals surface area contributed by atoms with Crippen LogP contribution in [0.15, 0.2) is 11.2 Å². The van der Waals surface area contributed by atoms with Gasteiger partial charge in [-0.15, -0.1) is 0 Å². The first-order valence-corrected chi connectivity index (χ1v) is 6.76. The molecule has 1 aromatic rings. The highest BCUT2D eigenvalue weighted by Gasteiger charge is 2.26. The monoisotopic (exact) mass is 256 g/mol. The zero-order chi connectivity index (χ0) is 13.1. The molecule has 0 amide bonds. The summed E-state index contributed by atoms with van der Waals surface area (Å²) in [5, 5.41) is 8.64. The van der Waals surface area contributed by atoms with Crippen molar-refractivity contribution < 1.29 is 8.42 Å². The van der Waals surface area contributed by atoms with Crippen molar-refractivity contribution in [3.63, 3.8) is 0 Å². The number of rotatable bonds is 5. The maximum atomic E-state index is 12.1. The molecule has 0 fully saturated rings. The first-order valence-electron chi connectivity index (χ1n) is 5.32. The fraction of sp³-hybridized carbons (Fsp3) is 0.600. The van der Waals surface area contributed by atoms with Crippen molar-refractivity contribution in [3.05, 3.63) is 12.0 Å². The van der Waals surface area contributed by atoms with Crippen LogP contribution in [0.25, 0.3) is 0 Å². The molecule has 1 atom stereocenters. The Bertz CT molecular complexity index is 515. The maximum absolute atomic E-state index is 12.1. The topological polar surface area (TPSA) is 89.8 Å². The third-order valence-electron chi connectivity index (χ3n) is 2.60. The van der Waals surface area contributed by atoms with Gasteiger partial charge in [0.25, 0.3) is 10.0 Å². The molecule has 17 heavy (non-hydrogen) atoms. The van der Waals surface area contributed by atoms with E-state index in [1.165, 1.54) is 17.5 Å². The molecule has 0 spiro atoms. The van der Waals surface area contributed by atoms with Crippen LogP contribution in [0.3, 0.4) is 0 Å². The summed E-state index contributed by atoms with van der Waals surface area (Å²) in [6, 6.07) is 1.59. The number of nitrogens with one attached hydrogen (secondary N) is 1. The number of imidazole rings is 1. The van der Waals surface area contributed by atoms with Gasteiger partial charge in [-0.1, -0.05) is 6.92 Å². The van der Waals surface area contributed by atoms with Crippen molar-refractivity contribution in [3.8, 4) is 6.07 Å². The van der Waals surface area contributed by atoms with E-state index in [0.717, 1.165) is 0 Å². The number of sulfonamides is 1. The highest BCUT2D eigenvalue weighted by molar-refractivity contribution is 7.89. The minimum atomic E-state index is -3.59. The Balaban J connectivity index is 2.99. The molecule has 0 aromatic carbocycles. The Morgan fingerprint density at radius 2 is 2.29 bits per heavy atom. The van der Waals surface area contributed by atoms with Crippen LogP contribution >= 0.6 is 0 Å². The molecule has 1 heterocycles. The number of hydrogen-bond donors (Lipinski definition) is 1. The maximum Gasteiger partial charge on any atom is 0.260 e. The van der Waals surface area contributed by atoms with E-state index in [2.05, 4.69) is 9.97 Å². The van der Waals surface area contributed by atoms with E-state index in [9.17, 15) is 8.42 Å². The third-order valence-corrected chi connectivity index (χ3v) is 4.49. The average Bonchev–Trinajstić information content (AvgIpc) is 2.77. The van der Waals surface area contributed by atoms with E-state index in [-0.39, 0.29) is 17.5 Å². The number of H-pyrrole nitrogens is 1. The van der Waals surface area contributed by atoms with Crippen LogP contribution in [0, 0.1) is 11.3 Å². The summed E-state index contributed by atoms with van der Waals surface area (Å²) < 4.78 is 25.4. The van der Waals surface area contributed by atoms with Gasteiger partial charge in [0.05, 0.1) is 18.7 Å². The van der Waals surface area contributed by atoms with Gasteiger partial charge >= 0.3 is 0 Å². The second-order valence-electron chi connectivity index (χ2n) is 3.78. The molecule has 0 saturated heterocycles. The predicted molar refractivity (Wildman–Crippen MR) is 62.6 cm³/mol. The summed E-state index contributed by atoms with van der Waals surface area (Å²) >= 11 is 0. The van der Waals surface area contributed by atoms with Crippen molar-refractivity contribution >= 4 is 10.0 Å². The van der Waals surface area contributed by atoms with Crippen LogP contribution < -0.4 is 0 Å². The van der Waals surface area contributed by atoms with Crippen LogP contribution in [-0.4, -0.2) is 35.8 Å². The molecule has 7 heteroatoms. The zero-order valence-electron chi connectivity index (χ0n) is 10.1. The number of nitriles is 1.